The average molecular weight is 352 g/mol. The van der Waals surface area contributed by atoms with E-state index in [-0.39, 0.29) is 29.9 Å². The SMILES string of the molecule is O=C(c1ccc(F)c(F)c1)N1CC(CO)C(CN2CCCCCC2)C1. The molecule has 1 amide bonds. The number of nitrogens with zero attached hydrogens (tertiary/aromatic N) is 2. The molecule has 2 unspecified atom stereocenters. The van der Waals surface area contributed by atoms with E-state index >= 15 is 0 Å². The average Bonchev–Trinajstić information content (AvgIpc) is 2.83. The predicted octanol–water partition coefficient (Wildman–Crippen LogP) is 2.52. The molecular formula is C19H26F2N2O2. The molecule has 6 heteroatoms. The van der Waals surface area contributed by atoms with Crippen molar-refractivity contribution in [2.75, 3.05) is 39.3 Å². The van der Waals surface area contributed by atoms with Gasteiger partial charge in [-0.2, -0.15) is 0 Å². The van der Waals surface area contributed by atoms with E-state index in [9.17, 15) is 18.7 Å². The molecule has 3 rings (SSSR count). The first-order valence-electron chi connectivity index (χ1n) is 9.16. The van der Waals surface area contributed by atoms with Crippen molar-refractivity contribution in [3.05, 3.63) is 35.4 Å². The standard InChI is InChI=1S/C19H26F2N2O2/c20-17-6-5-14(9-18(17)21)19(25)23-11-15(16(12-23)13-24)10-22-7-3-1-2-4-8-22/h5-6,9,15-16,24H,1-4,7-8,10-13H2. The Morgan fingerprint density at radius 3 is 2.36 bits per heavy atom. The molecule has 0 saturated carbocycles. The van der Waals surface area contributed by atoms with Gasteiger partial charge in [0.05, 0.1) is 0 Å². The lowest BCUT2D eigenvalue weighted by Crippen LogP contribution is -2.35. The molecule has 2 heterocycles. The quantitative estimate of drug-likeness (QED) is 0.906. The molecule has 25 heavy (non-hydrogen) atoms. The van der Waals surface area contributed by atoms with E-state index in [1.54, 1.807) is 4.90 Å². The lowest BCUT2D eigenvalue weighted by atomic mass is 9.96. The zero-order valence-electron chi connectivity index (χ0n) is 14.5. The van der Waals surface area contributed by atoms with E-state index in [2.05, 4.69) is 4.90 Å². The van der Waals surface area contributed by atoms with Gasteiger partial charge in [0.1, 0.15) is 0 Å². The minimum absolute atomic E-state index is 0.0394. The van der Waals surface area contributed by atoms with Crippen LogP contribution in [0.25, 0.3) is 0 Å². The zero-order valence-corrected chi connectivity index (χ0v) is 14.5. The summed E-state index contributed by atoms with van der Waals surface area (Å²) < 4.78 is 26.5. The number of carbonyl (C=O) groups is 1. The van der Waals surface area contributed by atoms with Crippen molar-refractivity contribution in [3.63, 3.8) is 0 Å². The van der Waals surface area contributed by atoms with Crippen molar-refractivity contribution in [2.45, 2.75) is 25.7 Å². The summed E-state index contributed by atoms with van der Waals surface area (Å²) in [5, 5.41) is 9.71. The van der Waals surface area contributed by atoms with Gasteiger partial charge in [-0.05, 0) is 50.0 Å². The minimum Gasteiger partial charge on any atom is -0.396 e. The van der Waals surface area contributed by atoms with E-state index in [1.807, 2.05) is 0 Å². The number of aliphatic hydroxyl groups excluding tert-OH is 1. The van der Waals surface area contributed by atoms with Crippen molar-refractivity contribution >= 4 is 5.91 Å². The maximum atomic E-state index is 13.4. The maximum Gasteiger partial charge on any atom is 0.253 e. The van der Waals surface area contributed by atoms with E-state index < -0.39 is 11.6 Å². The molecule has 2 atom stereocenters. The highest BCUT2D eigenvalue weighted by Crippen LogP contribution is 2.27. The Morgan fingerprint density at radius 2 is 1.72 bits per heavy atom. The minimum atomic E-state index is -1.01. The van der Waals surface area contributed by atoms with Gasteiger partial charge >= 0.3 is 0 Å². The van der Waals surface area contributed by atoms with Gasteiger partial charge in [-0.1, -0.05) is 12.8 Å². The molecule has 0 aromatic heterocycles. The van der Waals surface area contributed by atoms with Crippen molar-refractivity contribution in [3.8, 4) is 0 Å². The Balaban J connectivity index is 1.65. The number of hydrogen-bond donors (Lipinski definition) is 1. The first kappa shape index (κ1) is 18.3. The third-order valence-electron chi connectivity index (χ3n) is 5.46. The van der Waals surface area contributed by atoms with Gasteiger partial charge in [-0.25, -0.2) is 8.78 Å². The van der Waals surface area contributed by atoms with Crippen LogP contribution < -0.4 is 0 Å². The highest BCUT2D eigenvalue weighted by Gasteiger charge is 2.36. The first-order valence-corrected chi connectivity index (χ1v) is 9.16. The molecule has 0 aliphatic carbocycles. The highest BCUT2D eigenvalue weighted by molar-refractivity contribution is 5.94. The summed E-state index contributed by atoms with van der Waals surface area (Å²) in [7, 11) is 0. The molecular weight excluding hydrogens is 326 g/mol. The van der Waals surface area contributed by atoms with Gasteiger partial charge < -0.3 is 14.9 Å². The molecule has 0 spiro atoms. The predicted molar refractivity (Wildman–Crippen MR) is 91.2 cm³/mol. The molecule has 0 radical (unpaired) electrons. The van der Waals surface area contributed by atoms with Gasteiger partial charge in [-0.3, -0.25) is 4.79 Å². The van der Waals surface area contributed by atoms with Gasteiger partial charge in [-0.15, -0.1) is 0 Å². The summed E-state index contributed by atoms with van der Waals surface area (Å²) in [6.45, 7) is 4.09. The zero-order chi connectivity index (χ0) is 17.8. The Kier molecular flexibility index (Phi) is 6.02. The molecule has 138 valence electrons. The fraction of sp³-hybridized carbons (Fsp3) is 0.632. The molecule has 0 bridgehead atoms. The van der Waals surface area contributed by atoms with Crippen molar-refractivity contribution in [1.82, 2.24) is 9.80 Å². The Labute approximate surface area is 147 Å². The second-order valence-corrected chi connectivity index (χ2v) is 7.26. The number of benzene rings is 1. The second kappa shape index (κ2) is 8.23. The van der Waals surface area contributed by atoms with Crippen LogP contribution in [-0.2, 0) is 0 Å². The first-order chi connectivity index (χ1) is 12.1. The van der Waals surface area contributed by atoms with Crippen LogP contribution in [0.3, 0.4) is 0 Å². The van der Waals surface area contributed by atoms with Gasteiger partial charge in [0.2, 0.25) is 0 Å². The van der Waals surface area contributed by atoms with E-state index in [4.69, 9.17) is 0 Å². The summed E-state index contributed by atoms with van der Waals surface area (Å²) in [4.78, 5) is 16.7. The summed E-state index contributed by atoms with van der Waals surface area (Å²) in [5.74, 6) is -2.00. The van der Waals surface area contributed by atoms with E-state index in [0.717, 1.165) is 31.8 Å². The fourth-order valence-electron chi connectivity index (χ4n) is 3.98. The summed E-state index contributed by atoms with van der Waals surface area (Å²) in [5.41, 5.74) is 0.158. The molecule has 4 nitrogen and oxygen atoms in total. The normalized spacial score (nSPS) is 25.2. The summed E-state index contributed by atoms with van der Waals surface area (Å²) in [6, 6.07) is 3.25. The summed E-state index contributed by atoms with van der Waals surface area (Å²) >= 11 is 0. The Bertz CT molecular complexity index is 603. The molecule has 2 aliphatic rings. The Hall–Kier alpha value is -1.53. The second-order valence-electron chi connectivity index (χ2n) is 7.26. The number of carbonyl (C=O) groups excluding carboxylic acids is 1. The summed E-state index contributed by atoms with van der Waals surface area (Å²) in [6.07, 6.45) is 4.94. The number of likely N-dealkylation sites (tertiary alicyclic amines) is 2. The van der Waals surface area contributed by atoms with E-state index in [1.165, 1.54) is 31.7 Å². The van der Waals surface area contributed by atoms with Crippen LogP contribution in [-0.4, -0.2) is 60.1 Å². The third-order valence-corrected chi connectivity index (χ3v) is 5.46. The molecule has 2 saturated heterocycles. The number of hydrogen-bond acceptors (Lipinski definition) is 3. The van der Waals surface area contributed by atoms with Gasteiger partial charge in [0, 0.05) is 37.7 Å². The van der Waals surface area contributed by atoms with Crippen molar-refractivity contribution < 1.29 is 18.7 Å². The number of rotatable bonds is 4. The van der Waals surface area contributed by atoms with Crippen LogP contribution in [0.15, 0.2) is 18.2 Å². The molecule has 1 aromatic carbocycles. The maximum absolute atomic E-state index is 13.4. The lowest BCUT2D eigenvalue weighted by Gasteiger charge is -2.26. The molecule has 1 aromatic rings. The number of amides is 1. The van der Waals surface area contributed by atoms with Crippen LogP contribution in [0.4, 0.5) is 8.78 Å². The monoisotopic (exact) mass is 352 g/mol. The van der Waals surface area contributed by atoms with Gasteiger partial charge in [0.25, 0.3) is 5.91 Å². The van der Waals surface area contributed by atoms with Crippen LogP contribution >= 0.6 is 0 Å². The van der Waals surface area contributed by atoms with Crippen molar-refractivity contribution in [1.29, 1.82) is 0 Å². The highest BCUT2D eigenvalue weighted by atomic mass is 19.2. The van der Waals surface area contributed by atoms with Crippen LogP contribution in [0.5, 0.6) is 0 Å². The van der Waals surface area contributed by atoms with Gasteiger partial charge in [0.15, 0.2) is 11.6 Å². The van der Waals surface area contributed by atoms with Crippen LogP contribution in [0.1, 0.15) is 36.0 Å². The lowest BCUT2D eigenvalue weighted by molar-refractivity contribution is 0.0778. The molecule has 2 aliphatic heterocycles. The number of aliphatic hydroxyl groups is 1. The molecule has 2 fully saturated rings. The Morgan fingerprint density at radius 1 is 1.04 bits per heavy atom. The smallest absolute Gasteiger partial charge is 0.253 e. The topological polar surface area (TPSA) is 43.8 Å². The van der Waals surface area contributed by atoms with Crippen LogP contribution in [0.2, 0.25) is 0 Å². The largest absolute Gasteiger partial charge is 0.396 e. The van der Waals surface area contributed by atoms with Crippen molar-refractivity contribution in [2.24, 2.45) is 11.8 Å². The molecule has 1 N–H and O–H groups in total. The fourth-order valence-corrected chi connectivity index (χ4v) is 3.98. The third kappa shape index (κ3) is 4.36. The van der Waals surface area contributed by atoms with Crippen LogP contribution in [0, 0.1) is 23.5 Å². The van der Waals surface area contributed by atoms with E-state index in [0.29, 0.717) is 13.1 Å². The number of halogens is 2.